The predicted octanol–water partition coefficient (Wildman–Crippen LogP) is 3.34. The molecule has 0 saturated carbocycles. The molecule has 0 unspecified atom stereocenters. The van der Waals surface area contributed by atoms with E-state index in [2.05, 4.69) is 0 Å². The molecule has 0 aliphatic carbocycles. The van der Waals surface area contributed by atoms with Crippen molar-refractivity contribution in [3.8, 4) is 5.75 Å². The van der Waals surface area contributed by atoms with Gasteiger partial charge in [0.15, 0.2) is 0 Å². The zero-order valence-corrected chi connectivity index (χ0v) is 17.5. The third-order valence-corrected chi connectivity index (χ3v) is 6.55. The highest BCUT2D eigenvalue weighted by atomic mass is 32.2. The minimum absolute atomic E-state index is 0.101. The predicted molar refractivity (Wildman–Crippen MR) is 103 cm³/mol. The molecule has 3 aromatic rings. The van der Waals surface area contributed by atoms with Crippen LogP contribution in [0.1, 0.15) is 11.1 Å². The summed E-state index contributed by atoms with van der Waals surface area (Å²) in [4.78, 5) is 9.52. The number of rotatable bonds is 2. The standard InChI is InChI=1S/C11H10O3.C7H5F3O5S2/c1-6-7(2)11(13)14-10-5-8(12)3-4-9(6)10;8-7(9,10)16(11,12)5-1-3-6(4-2-5)17(13,14)15/h3-5,12H,1-2H3;1-4H,(H,13,14,15). The van der Waals surface area contributed by atoms with E-state index in [-0.39, 0.29) is 11.4 Å². The molecule has 13 heteroatoms. The van der Waals surface area contributed by atoms with Gasteiger partial charge in [0.25, 0.3) is 20.0 Å². The average Bonchev–Trinajstić information content (AvgIpc) is 2.65. The van der Waals surface area contributed by atoms with Crippen LogP contribution in [0.2, 0.25) is 0 Å². The van der Waals surface area contributed by atoms with Crippen molar-refractivity contribution in [2.45, 2.75) is 29.1 Å². The lowest BCUT2D eigenvalue weighted by molar-refractivity contribution is -0.0436. The van der Waals surface area contributed by atoms with E-state index in [0.717, 1.165) is 10.9 Å². The molecule has 8 nitrogen and oxygen atoms in total. The van der Waals surface area contributed by atoms with Gasteiger partial charge in [-0.1, -0.05) is 0 Å². The van der Waals surface area contributed by atoms with Crippen molar-refractivity contribution in [2.75, 3.05) is 0 Å². The van der Waals surface area contributed by atoms with Crippen LogP contribution < -0.4 is 5.63 Å². The molecule has 0 bridgehead atoms. The number of alkyl halides is 3. The molecule has 31 heavy (non-hydrogen) atoms. The molecule has 0 fully saturated rings. The second-order valence-corrected chi connectivity index (χ2v) is 9.58. The number of hydrogen-bond donors (Lipinski definition) is 2. The Hall–Kier alpha value is -2.90. The summed E-state index contributed by atoms with van der Waals surface area (Å²) in [6.45, 7) is 3.60. The number of sulfone groups is 1. The first-order chi connectivity index (χ1) is 14.1. The van der Waals surface area contributed by atoms with Gasteiger partial charge in [0, 0.05) is 17.0 Å². The van der Waals surface area contributed by atoms with Crippen LogP contribution in [0, 0.1) is 13.8 Å². The Labute approximate surface area is 174 Å². The zero-order valence-electron chi connectivity index (χ0n) is 15.8. The molecule has 2 N–H and O–H groups in total. The van der Waals surface area contributed by atoms with Crippen molar-refractivity contribution in [1.82, 2.24) is 0 Å². The highest BCUT2D eigenvalue weighted by Gasteiger charge is 2.46. The van der Waals surface area contributed by atoms with Crippen molar-refractivity contribution in [3.05, 3.63) is 64.0 Å². The Bertz CT molecular complexity index is 1390. The second-order valence-electron chi connectivity index (χ2n) is 6.22. The number of aromatic hydroxyl groups is 1. The molecule has 0 atom stereocenters. The smallest absolute Gasteiger partial charge is 0.501 e. The SMILES string of the molecule is Cc1c(C)c2ccc(O)cc2oc1=O.O=S(=O)(O)c1ccc(S(=O)(=O)C(F)(F)F)cc1. The summed E-state index contributed by atoms with van der Waals surface area (Å²) in [5.74, 6) is 0.101. The minimum atomic E-state index is -5.52. The van der Waals surface area contributed by atoms with E-state index in [1.807, 2.05) is 6.92 Å². The van der Waals surface area contributed by atoms with Gasteiger partial charge in [-0.05, 0) is 55.8 Å². The first-order valence-corrected chi connectivity index (χ1v) is 11.1. The Morgan fingerprint density at radius 2 is 1.39 bits per heavy atom. The third kappa shape index (κ3) is 5.24. The molecule has 0 aliphatic rings. The molecule has 0 amide bonds. The number of hydrogen-bond acceptors (Lipinski definition) is 7. The number of fused-ring (bicyclic) bond motifs is 1. The largest absolute Gasteiger partial charge is 0.508 e. The van der Waals surface area contributed by atoms with E-state index in [9.17, 15) is 39.9 Å². The molecule has 0 saturated heterocycles. The van der Waals surface area contributed by atoms with Crippen LogP contribution in [-0.4, -0.2) is 32.0 Å². The molecule has 3 rings (SSSR count). The van der Waals surface area contributed by atoms with Crippen LogP contribution in [-0.2, 0) is 20.0 Å². The molecule has 1 heterocycles. The lowest BCUT2D eigenvalue weighted by atomic mass is 10.1. The number of aryl methyl sites for hydroxylation is 1. The lowest BCUT2D eigenvalue weighted by Crippen LogP contribution is -2.23. The van der Waals surface area contributed by atoms with Crippen molar-refractivity contribution in [3.63, 3.8) is 0 Å². The maximum absolute atomic E-state index is 12.1. The van der Waals surface area contributed by atoms with Gasteiger partial charge in [0.1, 0.15) is 11.3 Å². The molecule has 0 spiro atoms. The highest BCUT2D eigenvalue weighted by molar-refractivity contribution is 7.92. The number of phenolic OH excluding ortho intramolecular Hbond substituents is 1. The Kier molecular flexibility index (Phi) is 6.54. The van der Waals surface area contributed by atoms with Gasteiger partial charge in [0.2, 0.25) is 0 Å². The van der Waals surface area contributed by atoms with Gasteiger partial charge < -0.3 is 9.52 Å². The minimum Gasteiger partial charge on any atom is -0.508 e. The second kappa shape index (κ2) is 8.32. The summed E-state index contributed by atoms with van der Waals surface area (Å²) in [6.07, 6.45) is 0. The van der Waals surface area contributed by atoms with E-state index in [1.165, 1.54) is 6.07 Å². The summed E-state index contributed by atoms with van der Waals surface area (Å²) in [5.41, 5.74) is -3.87. The van der Waals surface area contributed by atoms with E-state index < -0.39 is 35.3 Å². The molecule has 1 aromatic heterocycles. The van der Waals surface area contributed by atoms with Crippen molar-refractivity contribution in [2.24, 2.45) is 0 Å². The lowest BCUT2D eigenvalue weighted by Gasteiger charge is -2.07. The van der Waals surface area contributed by atoms with E-state index in [0.29, 0.717) is 35.4 Å². The highest BCUT2D eigenvalue weighted by Crippen LogP contribution is 2.30. The Balaban J connectivity index is 0.000000224. The fourth-order valence-electron chi connectivity index (χ4n) is 2.36. The molecule has 0 radical (unpaired) electrons. The summed E-state index contributed by atoms with van der Waals surface area (Å²) in [5, 5.41) is 10.1. The van der Waals surface area contributed by atoms with Crippen LogP contribution in [0.25, 0.3) is 11.0 Å². The number of benzene rings is 2. The maximum Gasteiger partial charge on any atom is 0.501 e. The Morgan fingerprint density at radius 1 is 0.871 bits per heavy atom. The molecule has 2 aromatic carbocycles. The van der Waals surface area contributed by atoms with Crippen molar-refractivity contribution in [1.29, 1.82) is 0 Å². The quantitative estimate of drug-likeness (QED) is 0.421. The van der Waals surface area contributed by atoms with Gasteiger partial charge in [-0.25, -0.2) is 13.2 Å². The van der Waals surface area contributed by atoms with Gasteiger partial charge in [-0.2, -0.15) is 21.6 Å². The maximum atomic E-state index is 12.1. The van der Waals surface area contributed by atoms with Crippen LogP contribution in [0.15, 0.2) is 61.5 Å². The molecule has 168 valence electrons. The fourth-order valence-corrected chi connectivity index (χ4v) is 3.60. The van der Waals surface area contributed by atoms with Crippen LogP contribution in [0.5, 0.6) is 5.75 Å². The first-order valence-electron chi connectivity index (χ1n) is 8.17. The number of halogens is 3. The summed E-state index contributed by atoms with van der Waals surface area (Å²) in [7, 11) is -10.1. The van der Waals surface area contributed by atoms with Gasteiger partial charge in [0.05, 0.1) is 9.79 Å². The Morgan fingerprint density at radius 3 is 1.87 bits per heavy atom. The van der Waals surface area contributed by atoms with Gasteiger partial charge >= 0.3 is 11.1 Å². The monoisotopic (exact) mass is 480 g/mol. The molecular formula is C18H15F3O8S2. The zero-order chi connectivity index (χ0) is 23.8. The van der Waals surface area contributed by atoms with E-state index >= 15 is 0 Å². The number of phenols is 1. The van der Waals surface area contributed by atoms with Gasteiger partial charge in [-0.3, -0.25) is 4.55 Å². The van der Waals surface area contributed by atoms with E-state index in [4.69, 9.17) is 8.97 Å². The molecule has 0 aliphatic heterocycles. The van der Waals surface area contributed by atoms with E-state index in [1.54, 1.807) is 19.1 Å². The summed E-state index contributed by atoms with van der Waals surface area (Å²) >= 11 is 0. The summed E-state index contributed by atoms with van der Waals surface area (Å²) < 4.78 is 92.8. The average molecular weight is 480 g/mol. The van der Waals surface area contributed by atoms with Crippen molar-refractivity contribution < 1.29 is 44.1 Å². The van der Waals surface area contributed by atoms with Crippen molar-refractivity contribution >= 4 is 30.9 Å². The van der Waals surface area contributed by atoms with Gasteiger partial charge in [-0.15, -0.1) is 0 Å². The van der Waals surface area contributed by atoms with Crippen LogP contribution in [0.4, 0.5) is 13.2 Å². The third-order valence-electron chi connectivity index (χ3n) is 4.18. The fraction of sp³-hybridized carbons (Fsp3) is 0.167. The topological polar surface area (TPSA) is 139 Å². The normalized spacial score (nSPS) is 12.3. The molecular weight excluding hydrogens is 465 g/mol. The first kappa shape index (κ1) is 24.4. The van der Waals surface area contributed by atoms with Crippen LogP contribution >= 0.6 is 0 Å². The summed E-state index contributed by atoms with van der Waals surface area (Å²) in [6, 6.07) is 6.80. The van der Waals surface area contributed by atoms with Crippen LogP contribution in [0.3, 0.4) is 0 Å².